The van der Waals surface area contributed by atoms with Crippen molar-refractivity contribution < 1.29 is 26.7 Å². The fraction of sp³-hybridized carbons (Fsp3) is 0.200. The highest BCUT2D eigenvalue weighted by Crippen LogP contribution is 2.41. The Hall–Kier alpha value is -3.41. The van der Waals surface area contributed by atoms with Crippen LogP contribution in [-0.2, 0) is 21.3 Å². The SMILES string of the molecule is COC1N=CCC=C1c1c(C(=O)NS(C)(=O)=O)n(Cc2cc(F)ccc2F)c2ccc3ccsc3c12. The van der Waals surface area contributed by atoms with E-state index in [9.17, 15) is 22.0 Å². The summed E-state index contributed by atoms with van der Waals surface area (Å²) in [6.07, 6.45) is 4.18. The molecule has 0 spiro atoms. The summed E-state index contributed by atoms with van der Waals surface area (Å²) in [5.74, 6) is -2.17. The first-order chi connectivity index (χ1) is 17.2. The number of dihydropyridines is 1. The molecule has 3 heterocycles. The number of thiophene rings is 1. The Kier molecular flexibility index (Phi) is 6.23. The number of halogens is 2. The average molecular weight is 530 g/mol. The maximum Gasteiger partial charge on any atom is 0.282 e. The lowest BCUT2D eigenvalue weighted by atomic mass is 9.97. The summed E-state index contributed by atoms with van der Waals surface area (Å²) in [7, 11) is -2.45. The number of benzene rings is 2. The molecule has 1 atom stereocenters. The molecule has 0 bridgehead atoms. The molecule has 1 N–H and O–H groups in total. The molecule has 0 saturated carbocycles. The van der Waals surface area contributed by atoms with E-state index in [2.05, 4.69) is 4.99 Å². The number of amides is 1. The number of hydrogen-bond donors (Lipinski definition) is 1. The maximum atomic E-state index is 14.7. The number of methoxy groups -OCH3 is 1. The minimum Gasteiger partial charge on any atom is -0.355 e. The van der Waals surface area contributed by atoms with Crippen molar-refractivity contribution in [3.05, 3.63) is 76.3 Å². The van der Waals surface area contributed by atoms with Gasteiger partial charge in [0.1, 0.15) is 17.3 Å². The van der Waals surface area contributed by atoms with Gasteiger partial charge in [-0.2, -0.15) is 0 Å². The zero-order chi connectivity index (χ0) is 25.6. The van der Waals surface area contributed by atoms with Crippen LogP contribution < -0.4 is 4.72 Å². The number of aliphatic imine (C=N–C) groups is 1. The third-order valence-corrected chi connectivity index (χ3v) is 7.44. The molecule has 5 rings (SSSR count). The Balaban J connectivity index is 1.89. The largest absolute Gasteiger partial charge is 0.355 e. The van der Waals surface area contributed by atoms with Crippen LogP contribution in [0.2, 0.25) is 0 Å². The number of fused-ring (bicyclic) bond motifs is 3. The lowest BCUT2D eigenvalue weighted by Crippen LogP contribution is -2.32. The maximum absolute atomic E-state index is 14.7. The van der Waals surface area contributed by atoms with Crippen molar-refractivity contribution in [2.24, 2.45) is 4.99 Å². The van der Waals surface area contributed by atoms with E-state index in [1.807, 2.05) is 28.3 Å². The summed E-state index contributed by atoms with van der Waals surface area (Å²) < 4.78 is 62.9. The van der Waals surface area contributed by atoms with Crippen LogP contribution >= 0.6 is 11.3 Å². The summed E-state index contributed by atoms with van der Waals surface area (Å²) >= 11 is 1.46. The first-order valence-electron chi connectivity index (χ1n) is 10.9. The highest BCUT2D eigenvalue weighted by atomic mass is 32.2. The number of rotatable bonds is 6. The van der Waals surface area contributed by atoms with Crippen LogP contribution in [0.1, 0.15) is 28.0 Å². The Bertz CT molecular complexity index is 1690. The summed E-state index contributed by atoms with van der Waals surface area (Å²) in [5.41, 5.74) is 1.60. The van der Waals surface area contributed by atoms with Crippen molar-refractivity contribution in [3.8, 4) is 0 Å². The van der Waals surface area contributed by atoms with E-state index in [0.717, 1.165) is 34.5 Å². The van der Waals surface area contributed by atoms with E-state index >= 15 is 0 Å². The first kappa shape index (κ1) is 24.3. The Morgan fingerprint density at radius 3 is 2.81 bits per heavy atom. The van der Waals surface area contributed by atoms with Gasteiger partial charge in [0.2, 0.25) is 10.0 Å². The standard InChI is InChI=1S/C25H21F2N3O4S2/c1-34-25-17(4-3-10-28-25)20-21-19(8-5-14-9-11-35-23(14)21)30(22(20)24(31)29-36(2,32)33)13-15-12-16(26)6-7-18(15)27/h4-12,25H,3,13H2,1-2H3,(H,29,31). The van der Waals surface area contributed by atoms with Gasteiger partial charge < -0.3 is 9.30 Å². The van der Waals surface area contributed by atoms with Crippen molar-refractivity contribution in [2.75, 3.05) is 13.4 Å². The fourth-order valence-corrected chi connectivity index (χ4v) is 5.91. The Labute approximate surface area is 209 Å². The zero-order valence-electron chi connectivity index (χ0n) is 19.3. The number of allylic oxidation sites excluding steroid dienone is 1. The van der Waals surface area contributed by atoms with Crippen molar-refractivity contribution in [1.29, 1.82) is 0 Å². The topological polar surface area (TPSA) is 89.8 Å². The Morgan fingerprint density at radius 1 is 1.25 bits per heavy atom. The molecule has 1 unspecified atom stereocenters. The fourth-order valence-electron chi connectivity index (χ4n) is 4.53. The second-order valence-corrected chi connectivity index (χ2v) is 11.0. The van der Waals surface area contributed by atoms with Gasteiger partial charge in [0.15, 0.2) is 6.23 Å². The minimum absolute atomic E-state index is 0.00890. The van der Waals surface area contributed by atoms with E-state index in [0.29, 0.717) is 28.5 Å². The first-order valence-corrected chi connectivity index (χ1v) is 13.7. The van der Waals surface area contributed by atoms with E-state index < -0.39 is 33.8 Å². The lowest BCUT2D eigenvalue weighted by Gasteiger charge is -2.20. The van der Waals surface area contributed by atoms with Gasteiger partial charge in [0.25, 0.3) is 5.91 Å². The summed E-state index contributed by atoms with van der Waals surface area (Å²) in [6.45, 7) is -0.211. The molecule has 2 aromatic carbocycles. The van der Waals surface area contributed by atoms with Gasteiger partial charge in [-0.1, -0.05) is 12.1 Å². The van der Waals surface area contributed by atoms with Crippen molar-refractivity contribution in [2.45, 2.75) is 19.2 Å². The molecule has 4 aromatic rings. The number of sulfonamides is 1. The third-order valence-electron chi connectivity index (χ3n) is 5.94. The molecule has 11 heteroatoms. The summed E-state index contributed by atoms with van der Waals surface area (Å²) in [4.78, 5) is 17.9. The van der Waals surface area contributed by atoms with E-state index in [-0.39, 0.29) is 17.8 Å². The van der Waals surface area contributed by atoms with Crippen LogP contribution in [0.15, 0.2) is 52.8 Å². The molecule has 7 nitrogen and oxygen atoms in total. The molecule has 0 saturated heterocycles. The zero-order valence-corrected chi connectivity index (χ0v) is 20.9. The van der Waals surface area contributed by atoms with Crippen molar-refractivity contribution in [3.63, 3.8) is 0 Å². The monoisotopic (exact) mass is 529 g/mol. The number of carbonyl (C=O) groups excluding carboxylic acids is 1. The summed E-state index contributed by atoms with van der Waals surface area (Å²) in [5, 5.41) is 3.52. The highest BCUT2D eigenvalue weighted by molar-refractivity contribution is 7.89. The van der Waals surface area contributed by atoms with Crippen LogP contribution in [0, 0.1) is 11.6 Å². The molecule has 36 heavy (non-hydrogen) atoms. The van der Waals surface area contributed by atoms with Crippen molar-refractivity contribution in [1.82, 2.24) is 9.29 Å². The number of ether oxygens (including phenoxy) is 1. The molecule has 0 radical (unpaired) electrons. The van der Waals surface area contributed by atoms with Gasteiger partial charge in [-0.05, 0) is 41.1 Å². The smallest absolute Gasteiger partial charge is 0.282 e. The van der Waals surface area contributed by atoms with Gasteiger partial charge >= 0.3 is 0 Å². The molecule has 0 fully saturated rings. The van der Waals surface area contributed by atoms with E-state index in [1.54, 1.807) is 12.3 Å². The van der Waals surface area contributed by atoms with E-state index in [4.69, 9.17) is 4.74 Å². The second kappa shape index (κ2) is 9.23. The van der Waals surface area contributed by atoms with Crippen LogP contribution in [0.4, 0.5) is 8.78 Å². The highest BCUT2D eigenvalue weighted by Gasteiger charge is 2.31. The van der Waals surface area contributed by atoms with Crippen LogP contribution in [-0.4, -0.2) is 44.7 Å². The quantitative estimate of drug-likeness (QED) is 0.392. The molecule has 1 amide bonds. The van der Waals surface area contributed by atoms with Gasteiger partial charge in [-0.25, -0.2) is 21.9 Å². The molecule has 186 valence electrons. The van der Waals surface area contributed by atoms with Crippen molar-refractivity contribution >= 4 is 60.0 Å². The minimum atomic E-state index is -3.94. The molecule has 1 aliphatic rings. The number of hydrogen-bond acceptors (Lipinski definition) is 6. The second-order valence-electron chi connectivity index (χ2n) is 8.36. The molecule has 2 aromatic heterocycles. The van der Waals surface area contributed by atoms with Gasteiger partial charge in [0, 0.05) is 46.5 Å². The number of nitrogens with zero attached hydrogens (tertiary/aromatic N) is 2. The predicted molar refractivity (Wildman–Crippen MR) is 137 cm³/mol. The van der Waals surface area contributed by atoms with E-state index in [1.165, 1.54) is 23.0 Å². The molecule has 1 aliphatic heterocycles. The average Bonchev–Trinajstić information content (AvgIpc) is 3.43. The third kappa shape index (κ3) is 4.34. The lowest BCUT2D eigenvalue weighted by molar-refractivity contribution is 0.0973. The predicted octanol–water partition coefficient (Wildman–Crippen LogP) is 4.70. The molecular formula is C25H21F2N3O4S2. The van der Waals surface area contributed by atoms with Gasteiger partial charge in [-0.3, -0.25) is 9.79 Å². The normalized spacial score (nSPS) is 16.0. The van der Waals surface area contributed by atoms with Crippen LogP contribution in [0.3, 0.4) is 0 Å². The molecular weight excluding hydrogens is 508 g/mol. The van der Waals surface area contributed by atoms with Crippen LogP contribution in [0.5, 0.6) is 0 Å². The number of nitrogens with one attached hydrogen (secondary N) is 1. The van der Waals surface area contributed by atoms with Gasteiger partial charge in [-0.15, -0.1) is 11.3 Å². The number of aromatic nitrogens is 1. The van der Waals surface area contributed by atoms with Crippen LogP contribution in [0.25, 0.3) is 26.6 Å². The number of carbonyl (C=O) groups is 1. The Morgan fingerprint density at radius 2 is 2.06 bits per heavy atom. The molecule has 0 aliphatic carbocycles. The van der Waals surface area contributed by atoms with Gasteiger partial charge in [0.05, 0.1) is 18.3 Å². The summed E-state index contributed by atoms with van der Waals surface area (Å²) in [6, 6.07) is 8.69.